The van der Waals surface area contributed by atoms with Crippen molar-refractivity contribution in [1.82, 2.24) is 4.90 Å². The average Bonchev–Trinajstić information content (AvgIpc) is 2.29. The van der Waals surface area contributed by atoms with Crippen molar-refractivity contribution in [2.75, 3.05) is 7.05 Å². The van der Waals surface area contributed by atoms with E-state index in [4.69, 9.17) is 16.9 Å². The Morgan fingerprint density at radius 1 is 1.62 bits per heavy atom. The van der Waals surface area contributed by atoms with E-state index in [9.17, 15) is 4.79 Å². The van der Waals surface area contributed by atoms with Crippen LogP contribution in [-0.2, 0) is 0 Å². The number of hydrogen-bond donors (Lipinski definition) is 0. The van der Waals surface area contributed by atoms with Crippen LogP contribution in [0.5, 0.6) is 0 Å². The number of carbonyl (C=O) groups is 1. The fourth-order valence-corrected chi connectivity index (χ4v) is 1.61. The van der Waals surface area contributed by atoms with Gasteiger partial charge in [-0.2, -0.15) is 5.26 Å². The van der Waals surface area contributed by atoms with Gasteiger partial charge in [-0.25, -0.2) is 0 Å². The number of hydrogen-bond acceptors (Lipinski definition) is 2. The molecule has 1 unspecified atom stereocenters. The fourth-order valence-electron chi connectivity index (χ4n) is 1.10. The van der Waals surface area contributed by atoms with E-state index in [2.05, 4.69) is 22.6 Å². The summed E-state index contributed by atoms with van der Waals surface area (Å²) in [6.07, 6.45) is 0. The highest BCUT2D eigenvalue weighted by Crippen LogP contribution is 2.20. The molecule has 3 nitrogen and oxygen atoms in total. The zero-order chi connectivity index (χ0) is 12.3. The smallest absolute Gasteiger partial charge is 0.254 e. The van der Waals surface area contributed by atoms with Gasteiger partial charge < -0.3 is 4.90 Å². The third-order valence-corrected chi connectivity index (χ3v) is 3.83. The first-order valence-corrected chi connectivity index (χ1v) is 6.05. The Kier molecular flexibility index (Phi) is 4.56. The molecule has 0 heterocycles. The summed E-state index contributed by atoms with van der Waals surface area (Å²) in [5.74, 6) is -0.202. The van der Waals surface area contributed by atoms with Gasteiger partial charge >= 0.3 is 0 Å². The van der Waals surface area contributed by atoms with Crippen LogP contribution in [0.25, 0.3) is 0 Å². The summed E-state index contributed by atoms with van der Waals surface area (Å²) in [5.41, 5.74) is 0.495. The highest BCUT2D eigenvalue weighted by molar-refractivity contribution is 14.1. The van der Waals surface area contributed by atoms with Crippen molar-refractivity contribution in [1.29, 1.82) is 5.26 Å². The van der Waals surface area contributed by atoms with Crippen LogP contribution < -0.4 is 0 Å². The van der Waals surface area contributed by atoms with E-state index in [1.54, 1.807) is 32.2 Å². The quantitative estimate of drug-likeness (QED) is 0.771. The standard InChI is InChI=1S/C11H10ClIN2O/c1-7(6-14)15(2)11(16)8-3-4-10(13)9(12)5-8/h3-5,7H,1-2H3. The second-order valence-corrected chi connectivity index (χ2v) is 4.92. The van der Waals surface area contributed by atoms with Crippen molar-refractivity contribution in [2.24, 2.45) is 0 Å². The van der Waals surface area contributed by atoms with Gasteiger partial charge in [0.15, 0.2) is 0 Å². The molecule has 0 aliphatic rings. The van der Waals surface area contributed by atoms with Crippen LogP contribution in [-0.4, -0.2) is 23.9 Å². The Labute approximate surface area is 113 Å². The van der Waals surface area contributed by atoms with Crippen molar-refractivity contribution >= 4 is 40.1 Å². The lowest BCUT2D eigenvalue weighted by atomic mass is 10.2. The third-order valence-electron chi connectivity index (χ3n) is 2.25. The summed E-state index contributed by atoms with van der Waals surface area (Å²) in [4.78, 5) is 13.3. The van der Waals surface area contributed by atoms with E-state index < -0.39 is 6.04 Å². The minimum absolute atomic E-state index is 0.202. The molecule has 0 saturated carbocycles. The largest absolute Gasteiger partial charge is 0.326 e. The number of rotatable bonds is 2. The summed E-state index contributed by atoms with van der Waals surface area (Å²) < 4.78 is 0.895. The van der Waals surface area contributed by atoms with Crippen molar-refractivity contribution in [3.05, 3.63) is 32.4 Å². The van der Waals surface area contributed by atoms with Crippen LogP contribution in [0.2, 0.25) is 5.02 Å². The molecule has 0 N–H and O–H groups in total. The molecule has 0 bridgehead atoms. The first-order valence-electron chi connectivity index (χ1n) is 4.59. The van der Waals surface area contributed by atoms with E-state index in [1.807, 2.05) is 6.07 Å². The van der Waals surface area contributed by atoms with Crippen molar-refractivity contribution in [3.8, 4) is 6.07 Å². The highest BCUT2D eigenvalue weighted by Gasteiger charge is 2.17. The first kappa shape index (κ1) is 13.3. The Morgan fingerprint density at radius 2 is 2.25 bits per heavy atom. The molecule has 1 atom stereocenters. The third kappa shape index (κ3) is 2.86. The summed E-state index contributed by atoms with van der Waals surface area (Å²) in [7, 11) is 1.60. The molecule has 84 valence electrons. The van der Waals surface area contributed by atoms with Gasteiger partial charge in [0.2, 0.25) is 0 Å². The molecular formula is C11H10ClIN2O. The van der Waals surface area contributed by atoms with Gasteiger partial charge in [0.1, 0.15) is 6.04 Å². The van der Waals surface area contributed by atoms with Gasteiger partial charge in [-0.3, -0.25) is 4.79 Å². The maximum Gasteiger partial charge on any atom is 0.254 e. The number of carbonyl (C=O) groups excluding carboxylic acids is 1. The molecule has 0 aromatic heterocycles. The normalized spacial score (nSPS) is 11.7. The minimum Gasteiger partial charge on any atom is -0.326 e. The molecule has 0 radical (unpaired) electrons. The zero-order valence-corrected chi connectivity index (χ0v) is 11.8. The molecule has 0 aliphatic heterocycles. The SMILES string of the molecule is CC(C#N)N(C)C(=O)c1ccc(I)c(Cl)c1. The van der Waals surface area contributed by atoms with Gasteiger partial charge in [-0.1, -0.05) is 11.6 Å². The number of nitrogens with zero attached hydrogens (tertiary/aromatic N) is 2. The fraction of sp³-hybridized carbons (Fsp3) is 0.273. The number of nitriles is 1. The Bertz CT molecular complexity index is 456. The average molecular weight is 349 g/mol. The van der Waals surface area contributed by atoms with E-state index in [0.717, 1.165) is 3.57 Å². The maximum atomic E-state index is 11.9. The van der Waals surface area contributed by atoms with Crippen LogP contribution in [0.4, 0.5) is 0 Å². The Balaban J connectivity index is 2.98. The van der Waals surface area contributed by atoms with Gasteiger partial charge in [0, 0.05) is 16.2 Å². The van der Waals surface area contributed by atoms with Crippen LogP contribution in [0.15, 0.2) is 18.2 Å². The van der Waals surface area contributed by atoms with Gasteiger partial charge in [0.05, 0.1) is 11.1 Å². The first-order chi connectivity index (χ1) is 7.47. The predicted octanol–water partition coefficient (Wildman–Crippen LogP) is 2.93. The number of amides is 1. The van der Waals surface area contributed by atoms with E-state index in [1.165, 1.54) is 4.90 Å². The van der Waals surface area contributed by atoms with Crippen molar-refractivity contribution in [3.63, 3.8) is 0 Å². The molecule has 0 saturated heterocycles. The number of benzene rings is 1. The highest BCUT2D eigenvalue weighted by atomic mass is 127. The topological polar surface area (TPSA) is 44.1 Å². The minimum atomic E-state index is -0.453. The molecule has 1 rings (SSSR count). The van der Waals surface area contributed by atoms with Gasteiger partial charge in [-0.15, -0.1) is 0 Å². The van der Waals surface area contributed by atoms with Crippen LogP contribution in [0.1, 0.15) is 17.3 Å². The molecule has 0 fully saturated rings. The van der Waals surface area contributed by atoms with Crippen LogP contribution in [0, 0.1) is 14.9 Å². The van der Waals surface area contributed by atoms with E-state index in [-0.39, 0.29) is 5.91 Å². The van der Waals surface area contributed by atoms with Gasteiger partial charge in [0.25, 0.3) is 5.91 Å². The Morgan fingerprint density at radius 3 is 2.75 bits per heavy atom. The molecule has 1 aromatic carbocycles. The lowest BCUT2D eigenvalue weighted by Crippen LogP contribution is -2.34. The van der Waals surface area contributed by atoms with Crippen LogP contribution in [0.3, 0.4) is 0 Å². The molecule has 5 heteroatoms. The summed E-state index contributed by atoms with van der Waals surface area (Å²) >= 11 is 8.03. The second kappa shape index (κ2) is 5.51. The zero-order valence-electron chi connectivity index (χ0n) is 8.87. The molecule has 0 aliphatic carbocycles. The second-order valence-electron chi connectivity index (χ2n) is 3.35. The lowest BCUT2D eigenvalue weighted by molar-refractivity contribution is 0.0773. The van der Waals surface area contributed by atoms with Crippen molar-refractivity contribution < 1.29 is 4.79 Å². The summed E-state index contributed by atoms with van der Waals surface area (Å²) in [5, 5.41) is 9.27. The predicted molar refractivity (Wildman–Crippen MR) is 71.3 cm³/mol. The summed E-state index contributed by atoms with van der Waals surface area (Å²) in [6, 6.07) is 6.66. The van der Waals surface area contributed by atoms with Gasteiger partial charge in [-0.05, 0) is 47.7 Å². The molecular weight excluding hydrogens is 338 g/mol. The molecule has 1 amide bonds. The lowest BCUT2D eigenvalue weighted by Gasteiger charge is -2.19. The molecule has 1 aromatic rings. The molecule has 16 heavy (non-hydrogen) atoms. The number of halogens is 2. The monoisotopic (exact) mass is 348 g/mol. The molecule has 0 spiro atoms. The van der Waals surface area contributed by atoms with Crippen LogP contribution >= 0.6 is 34.2 Å². The van der Waals surface area contributed by atoms with Crippen molar-refractivity contribution in [2.45, 2.75) is 13.0 Å². The van der Waals surface area contributed by atoms with E-state index in [0.29, 0.717) is 10.6 Å². The maximum absolute atomic E-state index is 11.9. The summed E-state index contributed by atoms with van der Waals surface area (Å²) in [6.45, 7) is 1.67. The Hall–Kier alpha value is -0.800. The van der Waals surface area contributed by atoms with E-state index >= 15 is 0 Å².